The second-order valence-electron chi connectivity index (χ2n) is 4.11. The average Bonchev–Trinajstić information content (AvgIpc) is 2.91. The lowest BCUT2D eigenvalue weighted by atomic mass is 10.2. The van der Waals surface area contributed by atoms with E-state index in [4.69, 9.17) is 5.84 Å². The number of amides is 1. The molecular formula is C12H15N5OS. The molecule has 0 aliphatic heterocycles. The highest BCUT2D eigenvalue weighted by Gasteiger charge is 2.14. The number of hydrazine groups is 1. The van der Waals surface area contributed by atoms with Crippen molar-refractivity contribution in [2.24, 2.45) is 5.84 Å². The zero-order chi connectivity index (χ0) is 13.8. The van der Waals surface area contributed by atoms with Gasteiger partial charge >= 0.3 is 0 Å². The summed E-state index contributed by atoms with van der Waals surface area (Å²) in [5.41, 5.74) is 4.39. The Bertz CT molecular complexity index is 570. The van der Waals surface area contributed by atoms with Crippen molar-refractivity contribution in [2.75, 3.05) is 5.43 Å². The molecule has 0 fully saturated rings. The predicted octanol–water partition coefficient (Wildman–Crippen LogP) is 1.62. The van der Waals surface area contributed by atoms with Crippen LogP contribution in [0.4, 0.5) is 5.95 Å². The van der Waals surface area contributed by atoms with Crippen LogP contribution >= 0.6 is 11.3 Å². The SMILES string of the molecule is Cc1cc(C(=O)NC(C)c2ccsc2)nc(NN)n1. The number of aromatic nitrogens is 2. The first-order valence-electron chi connectivity index (χ1n) is 5.75. The molecule has 0 saturated heterocycles. The van der Waals surface area contributed by atoms with Gasteiger partial charge in [-0.2, -0.15) is 11.3 Å². The van der Waals surface area contributed by atoms with Gasteiger partial charge in [0, 0.05) is 5.69 Å². The van der Waals surface area contributed by atoms with Crippen molar-refractivity contribution in [3.05, 3.63) is 39.8 Å². The molecule has 0 spiro atoms. The smallest absolute Gasteiger partial charge is 0.270 e. The zero-order valence-electron chi connectivity index (χ0n) is 10.7. The molecule has 1 unspecified atom stereocenters. The first kappa shape index (κ1) is 13.4. The molecule has 4 N–H and O–H groups in total. The van der Waals surface area contributed by atoms with Crippen LogP contribution in [0.25, 0.3) is 0 Å². The number of thiophene rings is 1. The number of hydrogen-bond acceptors (Lipinski definition) is 6. The van der Waals surface area contributed by atoms with Gasteiger partial charge in [0.2, 0.25) is 5.95 Å². The molecule has 0 bridgehead atoms. The monoisotopic (exact) mass is 277 g/mol. The van der Waals surface area contributed by atoms with Gasteiger partial charge < -0.3 is 5.32 Å². The highest BCUT2D eigenvalue weighted by Crippen LogP contribution is 2.16. The first-order valence-corrected chi connectivity index (χ1v) is 6.69. The molecular weight excluding hydrogens is 262 g/mol. The summed E-state index contributed by atoms with van der Waals surface area (Å²) in [7, 11) is 0. The number of hydrogen-bond donors (Lipinski definition) is 3. The summed E-state index contributed by atoms with van der Waals surface area (Å²) in [6.45, 7) is 3.71. The Morgan fingerprint density at radius 1 is 1.47 bits per heavy atom. The number of anilines is 1. The summed E-state index contributed by atoms with van der Waals surface area (Å²) in [6, 6.07) is 3.54. The van der Waals surface area contributed by atoms with Crippen LogP contribution in [0.5, 0.6) is 0 Å². The summed E-state index contributed by atoms with van der Waals surface area (Å²) >= 11 is 1.60. The fraction of sp³-hybridized carbons (Fsp3) is 0.250. The number of carbonyl (C=O) groups excluding carboxylic acids is 1. The lowest BCUT2D eigenvalue weighted by molar-refractivity contribution is 0.0934. The summed E-state index contributed by atoms with van der Waals surface area (Å²) in [5, 5.41) is 6.86. The molecule has 1 atom stereocenters. The van der Waals surface area contributed by atoms with Gasteiger partial charge in [-0.05, 0) is 42.3 Å². The topological polar surface area (TPSA) is 92.9 Å². The van der Waals surface area contributed by atoms with Gasteiger partial charge in [0.05, 0.1) is 6.04 Å². The Kier molecular flexibility index (Phi) is 4.08. The van der Waals surface area contributed by atoms with E-state index in [1.165, 1.54) is 0 Å². The number of rotatable bonds is 4. The van der Waals surface area contributed by atoms with Crippen molar-refractivity contribution < 1.29 is 4.79 Å². The fourth-order valence-electron chi connectivity index (χ4n) is 1.62. The van der Waals surface area contributed by atoms with E-state index < -0.39 is 0 Å². The second-order valence-corrected chi connectivity index (χ2v) is 4.89. The number of carbonyl (C=O) groups is 1. The maximum Gasteiger partial charge on any atom is 0.270 e. The Hall–Kier alpha value is -1.99. The minimum atomic E-state index is -0.249. The van der Waals surface area contributed by atoms with E-state index in [0.29, 0.717) is 11.4 Å². The van der Waals surface area contributed by atoms with Crippen molar-refractivity contribution in [2.45, 2.75) is 19.9 Å². The second kappa shape index (κ2) is 5.77. The Morgan fingerprint density at radius 2 is 2.26 bits per heavy atom. The highest BCUT2D eigenvalue weighted by molar-refractivity contribution is 7.07. The molecule has 7 heteroatoms. The van der Waals surface area contributed by atoms with Crippen LogP contribution in [0.15, 0.2) is 22.9 Å². The van der Waals surface area contributed by atoms with Crippen molar-refractivity contribution in [1.29, 1.82) is 0 Å². The molecule has 0 aliphatic rings. The van der Waals surface area contributed by atoms with E-state index in [0.717, 1.165) is 5.56 Å². The van der Waals surface area contributed by atoms with E-state index in [1.807, 2.05) is 23.8 Å². The van der Waals surface area contributed by atoms with E-state index in [9.17, 15) is 4.79 Å². The van der Waals surface area contributed by atoms with Gasteiger partial charge in [-0.1, -0.05) is 0 Å². The molecule has 2 rings (SSSR count). The molecule has 0 aromatic carbocycles. The average molecular weight is 277 g/mol. The summed E-state index contributed by atoms with van der Waals surface area (Å²) < 4.78 is 0. The Labute approximate surface area is 115 Å². The third-order valence-electron chi connectivity index (χ3n) is 2.61. The van der Waals surface area contributed by atoms with Crippen LogP contribution in [0.3, 0.4) is 0 Å². The Balaban J connectivity index is 2.13. The van der Waals surface area contributed by atoms with E-state index in [-0.39, 0.29) is 17.9 Å². The molecule has 2 heterocycles. The number of nitrogens with zero attached hydrogens (tertiary/aromatic N) is 2. The highest BCUT2D eigenvalue weighted by atomic mass is 32.1. The van der Waals surface area contributed by atoms with E-state index in [1.54, 1.807) is 24.3 Å². The third kappa shape index (κ3) is 3.27. The molecule has 2 aromatic heterocycles. The standard InChI is InChI=1S/C12H15N5OS/c1-7-5-10(16-12(14-7)17-13)11(18)15-8(2)9-3-4-19-6-9/h3-6,8H,13H2,1-2H3,(H,15,18)(H,14,16,17). The lowest BCUT2D eigenvalue weighted by Gasteiger charge is -2.12. The number of nitrogens with two attached hydrogens (primary N) is 1. The van der Waals surface area contributed by atoms with Crippen molar-refractivity contribution in [3.63, 3.8) is 0 Å². The minimum absolute atomic E-state index is 0.0664. The van der Waals surface area contributed by atoms with E-state index in [2.05, 4.69) is 20.7 Å². The maximum absolute atomic E-state index is 12.1. The number of nitrogens with one attached hydrogen (secondary N) is 2. The number of nitrogen functional groups attached to an aromatic ring is 1. The number of aryl methyl sites for hydroxylation is 1. The van der Waals surface area contributed by atoms with Gasteiger partial charge in [-0.15, -0.1) is 0 Å². The van der Waals surface area contributed by atoms with Gasteiger partial charge in [0.15, 0.2) is 0 Å². The molecule has 0 radical (unpaired) electrons. The van der Waals surface area contributed by atoms with Gasteiger partial charge in [0.1, 0.15) is 5.69 Å². The maximum atomic E-state index is 12.1. The predicted molar refractivity (Wildman–Crippen MR) is 74.8 cm³/mol. The molecule has 6 nitrogen and oxygen atoms in total. The van der Waals surface area contributed by atoms with Crippen molar-refractivity contribution in [1.82, 2.24) is 15.3 Å². The van der Waals surface area contributed by atoms with Crippen LogP contribution in [-0.4, -0.2) is 15.9 Å². The third-order valence-corrected chi connectivity index (χ3v) is 3.31. The van der Waals surface area contributed by atoms with Gasteiger partial charge in [-0.3, -0.25) is 10.2 Å². The normalized spacial score (nSPS) is 11.9. The lowest BCUT2D eigenvalue weighted by Crippen LogP contribution is -2.28. The summed E-state index contributed by atoms with van der Waals surface area (Å²) in [4.78, 5) is 20.2. The van der Waals surface area contributed by atoms with Crippen LogP contribution in [-0.2, 0) is 0 Å². The van der Waals surface area contributed by atoms with Crippen LogP contribution in [0, 0.1) is 6.92 Å². The molecule has 0 saturated carbocycles. The van der Waals surface area contributed by atoms with Crippen molar-refractivity contribution >= 4 is 23.2 Å². The van der Waals surface area contributed by atoms with Crippen LogP contribution < -0.4 is 16.6 Å². The summed E-state index contributed by atoms with van der Waals surface area (Å²) in [6.07, 6.45) is 0. The Morgan fingerprint density at radius 3 is 2.89 bits per heavy atom. The van der Waals surface area contributed by atoms with E-state index >= 15 is 0 Å². The molecule has 1 amide bonds. The van der Waals surface area contributed by atoms with Crippen LogP contribution in [0.1, 0.15) is 34.7 Å². The minimum Gasteiger partial charge on any atom is -0.344 e. The summed E-state index contributed by atoms with van der Waals surface area (Å²) in [5.74, 6) is 5.24. The molecule has 0 aliphatic carbocycles. The molecule has 2 aromatic rings. The largest absolute Gasteiger partial charge is 0.344 e. The first-order chi connectivity index (χ1) is 9.10. The zero-order valence-corrected chi connectivity index (χ0v) is 11.5. The molecule has 19 heavy (non-hydrogen) atoms. The van der Waals surface area contributed by atoms with Crippen LogP contribution in [0.2, 0.25) is 0 Å². The van der Waals surface area contributed by atoms with Gasteiger partial charge in [0.25, 0.3) is 5.91 Å². The molecule has 100 valence electrons. The fourth-order valence-corrected chi connectivity index (χ4v) is 2.38. The quantitative estimate of drug-likeness (QED) is 0.583. The van der Waals surface area contributed by atoms with Gasteiger partial charge in [-0.25, -0.2) is 15.8 Å². The van der Waals surface area contributed by atoms with Crippen molar-refractivity contribution in [3.8, 4) is 0 Å².